The molecule has 49 heavy (non-hydrogen) atoms. The van der Waals surface area contributed by atoms with E-state index in [0.29, 0.717) is 18.4 Å². The van der Waals surface area contributed by atoms with E-state index in [9.17, 15) is 29.1 Å². The van der Waals surface area contributed by atoms with Gasteiger partial charge in [-0.25, -0.2) is 14.4 Å². The van der Waals surface area contributed by atoms with E-state index in [4.69, 9.17) is 9.47 Å². The molecule has 0 aliphatic carbocycles. The third-order valence-electron chi connectivity index (χ3n) is 7.86. The molecule has 0 saturated carbocycles. The fourth-order valence-corrected chi connectivity index (χ4v) is 5.54. The number of ketones is 1. The molecule has 2 atom stereocenters. The summed E-state index contributed by atoms with van der Waals surface area (Å²) in [4.78, 5) is 64.3. The van der Waals surface area contributed by atoms with Crippen LogP contribution in [0.25, 0.3) is 0 Å². The van der Waals surface area contributed by atoms with E-state index < -0.39 is 41.4 Å². The summed E-state index contributed by atoms with van der Waals surface area (Å²) in [7, 11) is 0. The molecule has 0 fully saturated rings. The van der Waals surface area contributed by atoms with Crippen molar-refractivity contribution >= 4 is 29.8 Å². The maximum absolute atomic E-state index is 12.9. The predicted molar refractivity (Wildman–Crippen MR) is 183 cm³/mol. The standard InChI is InChI=1S/C23H26N2O4.C15H19NO4/c1-23(2,3)29-22(28)25-15-18-12-8-7-11-17(18)13-19(25)21(27)24-14-20(26)16-9-5-4-6-10-16;1-15(2,3)20-14(19)16-9-11-7-5-4-6-10(11)8-12(16)13(17)18/h4-12,19H,13-15H2,1-3H3,(H,24,27);4-7,12H,8-9H2,1-3H3,(H,17,18). The van der Waals surface area contributed by atoms with Gasteiger partial charge in [-0.05, 0) is 63.8 Å². The molecule has 3 amide bonds. The topological polar surface area (TPSA) is 143 Å². The van der Waals surface area contributed by atoms with E-state index in [1.54, 1.807) is 65.8 Å². The first-order valence-corrected chi connectivity index (χ1v) is 16.2. The van der Waals surface area contributed by atoms with Crippen LogP contribution in [0.3, 0.4) is 0 Å². The number of nitrogens with zero attached hydrogens (tertiary/aromatic N) is 2. The minimum atomic E-state index is -1.01. The maximum Gasteiger partial charge on any atom is 0.411 e. The number of benzene rings is 3. The van der Waals surface area contributed by atoms with Crippen molar-refractivity contribution in [2.75, 3.05) is 6.54 Å². The van der Waals surface area contributed by atoms with Crippen molar-refractivity contribution in [3.05, 3.63) is 107 Å². The Kier molecular flexibility index (Phi) is 11.5. The van der Waals surface area contributed by atoms with Gasteiger partial charge in [-0.15, -0.1) is 0 Å². The lowest BCUT2D eigenvalue weighted by molar-refractivity contribution is -0.143. The molecule has 0 bridgehead atoms. The maximum atomic E-state index is 12.9. The second-order valence-corrected chi connectivity index (χ2v) is 14.0. The molecule has 2 unspecified atom stereocenters. The molecule has 3 aromatic carbocycles. The largest absolute Gasteiger partial charge is 0.480 e. The van der Waals surface area contributed by atoms with E-state index in [1.165, 1.54) is 9.80 Å². The van der Waals surface area contributed by atoms with Crippen LogP contribution in [0.4, 0.5) is 9.59 Å². The predicted octanol–water partition coefficient (Wildman–Crippen LogP) is 5.78. The average molecular weight is 672 g/mol. The van der Waals surface area contributed by atoms with Crippen molar-refractivity contribution < 1.29 is 38.6 Å². The Balaban J connectivity index is 0.000000237. The van der Waals surface area contributed by atoms with Crippen LogP contribution in [-0.4, -0.2) is 74.6 Å². The molecular formula is C38H45N3O8. The summed E-state index contributed by atoms with van der Waals surface area (Å²) in [6.07, 6.45) is -0.438. The van der Waals surface area contributed by atoms with E-state index in [1.807, 2.05) is 54.6 Å². The SMILES string of the molecule is CC(C)(C)OC(=O)N1Cc2ccccc2CC1C(=O)NCC(=O)c1ccccc1.CC(C)(C)OC(=O)N1Cc2ccccc2CC1C(=O)O. The Labute approximate surface area is 287 Å². The van der Waals surface area contributed by atoms with E-state index in [2.05, 4.69) is 5.32 Å². The molecule has 5 rings (SSSR count). The summed E-state index contributed by atoms with van der Waals surface area (Å²) >= 11 is 0. The van der Waals surface area contributed by atoms with Gasteiger partial charge in [-0.2, -0.15) is 0 Å². The van der Waals surface area contributed by atoms with Crippen molar-refractivity contribution in [3.63, 3.8) is 0 Å². The molecule has 2 aliphatic rings. The van der Waals surface area contributed by atoms with Gasteiger partial charge in [-0.3, -0.25) is 19.4 Å². The number of hydrogen-bond acceptors (Lipinski definition) is 7. The molecule has 2 heterocycles. The second-order valence-electron chi connectivity index (χ2n) is 14.0. The van der Waals surface area contributed by atoms with Crippen molar-refractivity contribution in [1.82, 2.24) is 15.1 Å². The molecule has 0 aromatic heterocycles. The van der Waals surface area contributed by atoms with E-state index in [0.717, 1.165) is 22.3 Å². The Hall–Kier alpha value is -5.19. The Morgan fingerprint density at radius 3 is 1.51 bits per heavy atom. The van der Waals surface area contributed by atoms with Crippen LogP contribution in [-0.2, 0) is 45.0 Å². The number of Topliss-reactive ketones (excluding diaryl/α,β-unsaturated/α-hetero) is 1. The van der Waals surface area contributed by atoms with Crippen LogP contribution in [0.1, 0.15) is 74.2 Å². The van der Waals surface area contributed by atoms with E-state index >= 15 is 0 Å². The minimum absolute atomic E-state index is 0.122. The van der Waals surface area contributed by atoms with Gasteiger partial charge in [0.15, 0.2) is 5.78 Å². The first-order valence-electron chi connectivity index (χ1n) is 16.2. The molecule has 2 aliphatic heterocycles. The van der Waals surface area contributed by atoms with Gasteiger partial charge in [0, 0.05) is 18.4 Å². The van der Waals surface area contributed by atoms with E-state index in [-0.39, 0.29) is 31.3 Å². The van der Waals surface area contributed by atoms with Gasteiger partial charge >= 0.3 is 18.2 Å². The molecule has 11 heteroatoms. The normalized spacial score (nSPS) is 16.9. The number of hydrogen-bond donors (Lipinski definition) is 2. The number of carbonyl (C=O) groups is 5. The highest BCUT2D eigenvalue weighted by atomic mass is 16.6. The third-order valence-corrected chi connectivity index (χ3v) is 7.86. The smallest absolute Gasteiger partial charge is 0.411 e. The van der Waals surface area contributed by atoms with Gasteiger partial charge in [0.05, 0.1) is 19.6 Å². The number of rotatable bonds is 5. The minimum Gasteiger partial charge on any atom is -0.480 e. The van der Waals surface area contributed by atoms with Crippen LogP contribution < -0.4 is 5.32 Å². The number of ether oxygens (including phenoxy) is 2. The summed E-state index contributed by atoms with van der Waals surface area (Å²) in [5, 5.41) is 12.0. The lowest BCUT2D eigenvalue weighted by Gasteiger charge is -2.36. The molecule has 0 radical (unpaired) electrons. The van der Waals surface area contributed by atoms with Gasteiger partial charge < -0.3 is 19.9 Å². The number of carbonyl (C=O) groups excluding carboxylic acids is 4. The lowest BCUT2D eigenvalue weighted by Crippen LogP contribution is -2.54. The van der Waals surface area contributed by atoms with Crippen LogP contribution in [0.5, 0.6) is 0 Å². The molecule has 2 N–H and O–H groups in total. The summed E-state index contributed by atoms with van der Waals surface area (Å²) in [6.45, 7) is 11.1. The van der Waals surface area contributed by atoms with Crippen molar-refractivity contribution in [2.24, 2.45) is 0 Å². The zero-order chi connectivity index (χ0) is 35.9. The van der Waals surface area contributed by atoms with Gasteiger partial charge in [0.2, 0.25) is 5.91 Å². The number of nitrogens with one attached hydrogen (secondary N) is 1. The first-order chi connectivity index (χ1) is 23.0. The monoisotopic (exact) mass is 671 g/mol. The number of fused-ring (bicyclic) bond motifs is 2. The molecule has 11 nitrogen and oxygen atoms in total. The summed E-state index contributed by atoms with van der Waals surface area (Å²) in [6, 6.07) is 22.5. The van der Waals surface area contributed by atoms with Gasteiger partial charge in [0.1, 0.15) is 23.3 Å². The zero-order valence-corrected chi connectivity index (χ0v) is 28.9. The first kappa shape index (κ1) is 36.6. The van der Waals surface area contributed by atoms with Crippen molar-refractivity contribution in [3.8, 4) is 0 Å². The van der Waals surface area contributed by atoms with Crippen LogP contribution >= 0.6 is 0 Å². The number of aliphatic carboxylic acids is 1. The highest BCUT2D eigenvalue weighted by molar-refractivity contribution is 6.00. The quantitative estimate of drug-likeness (QED) is 0.325. The highest BCUT2D eigenvalue weighted by Gasteiger charge is 2.38. The van der Waals surface area contributed by atoms with Crippen LogP contribution in [0, 0.1) is 0 Å². The molecule has 0 saturated heterocycles. The molecular weight excluding hydrogens is 626 g/mol. The van der Waals surface area contributed by atoms with Gasteiger partial charge in [-0.1, -0.05) is 78.9 Å². The zero-order valence-electron chi connectivity index (χ0n) is 28.9. The summed E-state index contributed by atoms with van der Waals surface area (Å²) in [5.41, 5.74) is 3.17. The fourth-order valence-electron chi connectivity index (χ4n) is 5.54. The number of amides is 3. The Bertz CT molecular complexity index is 1680. The molecule has 260 valence electrons. The third kappa shape index (κ3) is 10.2. The molecule has 3 aromatic rings. The second kappa shape index (κ2) is 15.4. The number of carboxylic acids is 1. The number of carboxylic acid groups (broad SMARTS) is 1. The summed E-state index contributed by atoms with van der Waals surface area (Å²) < 4.78 is 10.8. The Morgan fingerprint density at radius 2 is 1.06 bits per heavy atom. The van der Waals surface area contributed by atoms with Crippen LogP contribution in [0.2, 0.25) is 0 Å². The van der Waals surface area contributed by atoms with Crippen molar-refractivity contribution in [2.45, 2.75) is 90.8 Å². The summed E-state index contributed by atoms with van der Waals surface area (Å²) in [5.74, 6) is -1.56. The fraction of sp³-hybridized carbons (Fsp3) is 0.395. The highest BCUT2D eigenvalue weighted by Crippen LogP contribution is 2.27. The Morgan fingerprint density at radius 1 is 0.653 bits per heavy atom. The lowest BCUT2D eigenvalue weighted by atomic mass is 9.93. The molecule has 0 spiro atoms. The average Bonchev–Trinajstić information content (AvgIpc) is 3.05. The van der Waals surface area contributed by atoms with Crippen molar-refractivity contribution in [1.29, 1.82) is 0 Å². The van der Waals surface area contributed by atoms with Crippen LogP contribution in [0.15, 0.2) is 78.9 Å². The van der Waals surface area contributed by atoms with Gasteiger partial charge in [0.25, 0.3) is 0 Å².